The van der Waals surface area contributed by atoms with E-state index in [4.69, 9.17) is 4.74 Å². The van der Waals surface area contributed by atoms with Gasteiger partial charge in [0, 0.05) is 17.7 Å². The van der Waals surface area contributed by atoms with Gasteiger partial charge in [-0.15, -0.1) is 0 Å². The van der Waals surface area contributed by atoms with Crippen molar-refractivity contribution in [1.29, 1.82) is 0 Å². The third kappa shape index (κ3) is 5.31. The van der Waals surface area contributed by atoms with Crippen LogP contribution in [0.5, 0.6) is 5.75 Å². The number of hydrogen-bond donors (Lipinski definition) is 0. The zero-order valence-electron chi connectivity index (χ0n) is 13.9. The van der Waals surface area contributed by atoms with Crippen molar-refractivity contribution in [2.24, 2.45) is 0 Å². The standard InChI is InChI=1S/C18H21FN2O3/c1-20(2)10-4-6-15-12-17(21(22)23)8-9-18(15)24-13-14-5-3-7-16(19)11-14/h3,5,7-9,11-12H,4,6,10,13H2,1-2H3. The maximum absolute atomic E-state index is 13.2. The highest BCUT2D eigenvalue weighted by atomic mass is 19.1. The summed E-state index contributed by atoms with van der Waals surface area (Å²) in [5, 5.41) is 11.0. The van der Waals surface area contributed by atoms with Crippen molar-refractivity contribution >= 4 is 5.69 Å². The lowest BCUT2D eigenvalue weighted by Gasteiger charge is -2.13. The predicted molar refractivity (Wildman–Crippen MR) is 90.7 cm³/mol. The molecule has 0 unspecified atom stereocenters. The van der Waals surface area contributed by atoms with Gasteiger partial charge in [-0.3, -0.25) is 10.1 Å². The molecule has 2 aromatic rings. The first-order valence-corrected chi connectivity index (χ1v) is 7.75. The fraction of sp³-hybridized carbons (Fsp3) is 0.333. The molecule has 0 atom stereocenters. The second kappa shape index (κ2) is 8.40. The van der Waals surface area contributed by atoms with E-state index in [1.54, 1.807) is 24.3 Å². The Bertz CT molecular complexity index is 704. The molecule has 0 aromatic heterocycles. The van der Waals surface area contributed by atoms with E-state index < -0.39 is 4.92 Å². The van der Waals surface area contributed by atoms with Gasteiger partial charge in [0.2, 0.25) is 0 Å². The summed E-state index contributed by atoms with van der Waals surface area (Å²) in [6.45, 7) is 1.10. The Morgan fingerprint density at radius 3 is 2.67 bits per heavy atom. The molecule has 24 heavy (non-hydrogen) atoms. The third-order valence-electron chi connectivity index (χ3n) is 3.59. The molecule has 0 saturated carbocycles. The summed E-state index contributed by atoms with van der Waals surface area (Å²) >= 11 is 0. The molecule has 0 fully saturated rings. The van der Waals surface area contributed by atoms with E-state index in [9.17, 15) is 14.5 Å². The van der Waals surface area contributed by atoms with Gasteiger partial charge in [-0.1, -0.05) is 12.1 Å². The minimum Gasteiger partial charge on any atom is -0.489 e. The Balaban J connectivity index is 2.12. The number of rotatable bonds is 8. The molecule has 2 rings (SSSR count). The number of non-ortho nitro benzene ring substituents is 1. The molecule has 128 valence electrons. The molecular weight excluding hydrogens is 311 g/mol. The molecule has 6 heteroatoms. The van der Waals surface area contributed by atoms with Crippen molar-refractivity contribution in [2.45, 2.75) is 19.4 Å². The van der Waals surface area contributed by atoms with Crippen molar-refractivity contribution in [3.8, 4) is 5.75 Å². The van der Waals surface area contributed by atoms with Crippen molar-refractivity contribution in [3.05, 3.63) is 69.5 Å². The fourth-order valence-electron chi connectivity index (χ4n) is 2.39. The lowest BCUT2D eigenvalue weighted by atomic mass is 10.1. The van der Waals surface area contributed by atoms with Gasteiger partial charge in [0.25, 0.3) is 5.69 Å². The van der Waals surface area contributed by atoms with Gasteiger partial charge in [-0.2, -0.15) is 0 Å². The van der Waals surface area contributed by atoms with Gasteiger partial charge >= 0.3 is 0 Å². The van der Waals surface area contributed by atoms with Crippen LogP contribution >= 0.6 is 0 Å². The van der Waals surface area contributed by atoms with Crippen LogP contribution in [0, 0.1) is 15.9 Å². The number of hydrogen-bond acceptors (Lipinski definition) is 4. The average Bonchev–Trinajstić information content (AvgIpc) is 2.53. The number of halogens is 1. The lowest BCUT2D eigenvalue weighted by molar-refractivity contribution is -0.384. The minimum absolute atomic E-state index is 0.0490. The zero-order valence-corrected chi connectivity index (χ0v) is 13.9. The van der Waals surface area contributed by atoms with Crippen LogP contribution in [0.25, 0.3) is 0 Å². The summed E-state index contributed by atoms with van der Waals surface area (Å²) in [6.07, 6.45) is 1.54. The molecule has 0 radical (unpaired) electrons. The van der Waals surface area contributed by atoms with Crippen molar-refractivity contribution in [3.63, 3.8) is 0 Å². The van der Waals surface area contributed by atoms with E-state index in [1.807, 2.05) is 14.1 Å². The molecule has 0 N–H and O–H groups in total. The van der Waals surface area contributed by atoms with Crippen LogP contribution in [0.3, 0.4) is 0 Å². The van der Waals surface area contributed by atoms with Crippen LogP contribution in [-0.4, -0.2) is 30.5 Å². The summed E-state index contributed by atoms with van der Waals surface area (Å²) in [7, 11) is 3.96. The second-order valence-electron chi connectivity index (χ2n) is 5.87. The Kier molecular flexibility index (Phi) is 6.26. The van der Waals surface area contributed by atoms with E-state index in [-0.39, 0.29) is 18.1 Å². The SMILES string of the molecule is CN(C)CCCc1cc([N+](=O)[O-])ccc1OCc1cccc(F)c1. The average molecular weight is 332 g/mol. The third-order valence-corrected chi connectivity index (χ3v) is 3.59. The first kappa shape index (κ1) is 17.9. The van der Waals surface area contributed by atoms with E-state index in [2.05, 4.69) is 4.90 Å². The number of nitro groups is 1. The van der Waals surface area contributed by atoms with Crippen molar-refractivity contribution in [1.82, 2.24) is 4.90 Å². The minimum atomic E-state index is -0.411. The van der Waals surface area contributed by atoms with E-state index in [0.717, 1.165) is 18.5 Å². The summed E-state index contributed by atoms with van der Waals surface area (Å²) in [5.74, 6) is 0.287. The maximum Gasteiger partial charge on any atom is 0.269 e. The molecule has 0 heterocycles. The molecule has 0 saturated heterocycles. The quantitative estimate of drug-likeness (QED) is 0.545. The molecule has 5 nitrogen and oxygen atoms in total. The maximum atomic E-state index is 13.2. The monoisotopic (exact) mass is 332 g/mol. The van der Waals surface area contributed by atoms with Gasteiger partial charge in [-0.05, 0) is 57.2 Å². The number of ether oxygens (including phenoxy) is 1. The topological polar surface area (TPSA) is 55.6 Å². The molecule has 2 aromatic carbocycles. The van der Waals surface area contributed by atoms with Gasteiger partial charge in [0.05, 0.1) is 4.92 Å². The second-order valence-corrected chi connectivity index (χ2v) is 5.87. The van der Waals surface area contributed by atoms with Crippen LogP contribution in [0.4, 0.5) is 10.1 Å². The fourth-order valence-corrected chi connectivity index (χ4v) is 2.39. The van der Waals surface area contributed by atoms with Gasteiger partial charge in [0.1, 0.15) is 18.2 Å². The van der Waals surface area contributed by atoms with Crippen LogP contribution < -0.4 is 4.74 Å². The van der Waals surface area contributed by atoms with Gasteiger partial charge < -0.3 is 9.64 Å². The Labute approximate surface area is 140 Å². The zero-order chi connectivity index (χ0) is 17.5. The molecule has 0 aliphatic rings. The van der Waals surface area contributed by atoms with Crippen LogP contribution in [0.15, 0.2) is 42.5 Å². The number of benzene rings is 2. The molecule has 0 spiro atoms. The van der Waals surface area contributed by atoms with Crippen LogP contribution in [0.1, 0.15) is 17.5 Å². The van der Waals surface area contributed by atoms with Crippen molar-refractivity contribution in [2.75, 3.05) is 20.6 Å². The largest absolute Gasteiger partial charge is 0.489 e. The number of nitrogens with zero attached hydrogens (tertiary/aromatic N) is 2. The van der Waals surface area contributed by atoms with Gasteiger partial charge in [-0.25, -0.2) is 4.39 Å². The summed E-state index contributed by atoms with van der Waals surface area (Å²) in [4.78, 5) is 12.6. The molecular formula is C18H21FN2O3. The van der Waals surface area contributed by atoms with Crippen molar-refractivity contribution < 1.29 is 14.1 Å². The Morgan fingerprint density at radius 2 is 2.00 bits per heavy atom. The van der Waals surface area contributed by atoms with E-state index >= 15 is 0 Å². The molecule has 0 aliphatic heterocycles. The molecule has 0 aliphatic carbocycles. The summed E-state index contributed by atoms with van der Waals surface area (Å²) in [5.41, 5.74) is 1.56. The van der Waals surface area contributed by atoms with Crippen LogP contribution in [0.2, 0.25) is 0 Å². The summed E-state index contributed by atoms with van der Waals surface area (Å²) < 4.78 is 19.0. The molecule has 0 bridgehead atoms. The highest BCUT2D eigenvalue weighted by Gasteiger charge is 2.12. The summed E-state index contributed by atoms with van der Waals surface area (Å²) in [6, 6.07) is 10.8. The Hall–Kier alpha value is -2.47. The first-order chi connectivity index (χ1) is 11.5. The predicted octanol–water partition coefficient (Wildman–Crippen LogP) is 3.81. The van der Waals surface area contributed by atoms with Gasteiger partial charge in [0.15, 0.2) is 0 Å². The van der Waals surface area contributed by atoms with E-state index in [1.165, 1.54) is 18.2 Å². The Morgan fingerprint density at radius 1 is 1.21 bits per heavy atom. The highest BCUT2D eigenvalue weighted by Crippen LogP contribution is 2.26. The number of aryl methyl sites for hydroxylation is 1. The smallest absolute Gasteiger partial charge is 0.269 e. The van der Waals surface area contributed by atoms with Crippen LogP contribution in [-0.2, 0) is 13.0 Å². The first-order valence-electron chi connectivity index (χ1n) is 7.75. The molecule has 0 amide bonds. The number of nitro benzene ring substituents is 1. The lowest BCUT2D eigenvalue weighted by Crippen LogP contribution is -2.13. The van der Waals surface area contributed by atoms with E-state index in [0.29, 0.717) is 17.7 Å². The normalized spacial score (nSPS) is 10.8. The highest BCUT2D eigenvalue weighted by molar-refractivity contribution is 5.44.